The lowest BCUT2D eigenvalue weighted by Crippen LogP contribution is -2.00. The second-order valence-electron chi connectivity index (χ2n) is 14.8. The van der Waals surface area contributed by atoms with Crippen LogP contribution in [0.5, 0.6) is 28.7 Å². The largest absolute Gasteiger partial charge is 0.504 e. The number of furan rings is 1. The maximum Gasteiger partial charge on any atom is 0.208 e. The van der Waals surface area contributed by atoms with E-state index in [1.165, 1.54) is 0 Å². The Morgan fingerprint density at radius 3 is 1.56 bits per heavy atom. The number of benzene rings is 8. The number of phenolic OH excluding ortho intramolecular Hbond substituents is 5. The summed E-state index contributed by atoms with van der Waals surface area (Å²) in [5.74, 6) is -2.80. The van der Waals surface area contributed by atoms with Crippen molar-refractivity contribution in [2.24, 2.45) is 0 Å². The zero-order chi connectivity index (χ0) is 41.4. The third-order valence-electron chi connectivity index (χ3n) is 11.2. The molecule has 0 aliphatic rings. The quantitative estimate of drug-likeness (QED) is 0.0815. The number of aromatic nitrogens is 4. The van der Waals surface area contributed by atoms with Crippen molar-refractivity contribution in [1.29, 1.82) is 0 Å². The number of rotatable bonds is 6. The van der Waals surface area contributed by atoms with E-state index in [4.69, 9.17) is 19.4 Å². The van der Waals surface area contributed by atoms with Crippen LogP contribution in [0.1, 0.15) is 0 Å². The van der Waals surface area contributed by atoms with Gasteiger partial charge < -0.3 is 34.5 Å². The molecule has 0 saturated carbocycles. The van der Waals surface area contributed by atoms with Crippen LogP contribution in [-0.2, 0) is 0 Å². The smallest absolute Gasteiger partial charge is 0.208 e. The van der Waals surface area contributed by atoms with Crippen LogP contribution in [0.15, 0.2) is 168 Å². The molecule has 0 radical (unpaired) electrons. The molecule has 0 saturated heterocycles. The Morgan fingerprint density at radius 2 is 0.918 bits per heavy atom. The highest BCUT2D eigenvalue weighted by molar-refractivity contribution is 6.17. The van der Waals surface area contributed by atoms with Crippen LogP contribution in [0.4, 0.5) is 0 Å². The van der Waals surface area contributed by atoms with Crippen molar-refractivity contribution in [3.8, 4) is 90.9 Å². The summed E-state index contributed by atoms with van der Waals surface area (Å²) >= 11 is 0. The number of para-hydroxylation sites is 1. The Balaban J connectivity index is 1.15. The highest BCUT2D eigenvalue weighted by Crippen LogP contribution is 2.55. The minimum Gasteiger partial charge on any atom is -0.504 e. The fourth-order valence-electron chi connectivity index (χ4n) is 8.32. The van der Waals surface area contributed by atoms with E-state index in [-0.39, 0.29) is 5.56 Å². The highest BCUT2D eigenvalue weighted by atomic mass is 16.4. The number of hydrogen-bond acceptors (Lipinski definition) is 9. The van der Waals surface area contributed by atoms with Gasteiger partial charge >= 0.3 is 0 Å². The Kier molecular flexibility index (Phi) is 8.01. The number of hydrogen-bond donors (Lipinski definition) is 5. The minimum atomic E-state index is -1.01. The van der Waals surface area contributed by atoms with Crippen LogP contribution >= 0.6 is 0 Å². The maximum absolute atomic E-state index is 10.8. The van der Waals surface area contributed by atoms with Crippen LogP contribution in [0.3, 0.4) is 0 Å². The van der Waals surface area contributed by atoms with Gasteiger partial charge in [0.1, 0.15) is 5.58 Å². The molecule has 10 heteroatoms. The van der Waals surface area contributed by atoms with Crippen LogP contribution in [-0.4, -0.2) is 45.1 Å². The lowest BCUT2D eigenvalue weighted by molar-refractivity contribution is 0.330. The molecule has 0 aliphatic carbocycles. The van der Waals surface area contributed by atoms with Gasteiger partial charge in [-0.25, -0.2) is 15.0 Å². The van der Waals surface area contributed by atoms with Gasteiger partial charge in [0.25, 0.3) is 0 Å². The van der Waals surface area contributed by atoms with E-state index in [1.807, 2.05) is 127 Å². The average molecular weight is 797 g/mol. The van der Waals surface area contributed by atoms with Crippen LogP contribution in [0, 0.1) is 0 Å². The number of nitrogens with zero attached hydrogens (tertiary/aromatic N) is 4. The van der Waals surface area contributed by atoms with Crippen molar-refractivity contribution in [2.45, 2.75) is 0 Å². The van der Waals surface area contributed by atoms with Crippen molar-refractivity contribution in [1.82, 2.24) is 19.5 Å². The van der Waals surface area contributed by atoms with Gasteiger partial charge in [-0.15, -0.1) is 0 Å². The Labute approximate surface area is 346 Å². The lowest BCUT2D eigenvalue weighted by atomic mass is 9.98. The van der Waals surface area contributed by atoms with Gasteiger partial charge in [-0.3, -0.25) is 0 Å². The molecule has 0 atom stereocenters. The molecule has 11 rings (SSSR count). The van der Waals surface area contributed by atoms with Gasteiger partial charge in [0.05, 0.1) is 22.3 Å². The Hall–Kier alpha value is -8.63. The van der Waals surface area contributed by atoms with Gasteiger partial charge in [-0.1, -0.05) is 127 Å². The summed E-state index contributed by atoms with van der Waals surface area (Å²) in [6.07, 6.45) is 0. The van der Waals surface area contributed by atoms with Crippen LogP contribution < -0.4 is 0 Å². The third-order valence-corrected chi connectivity index (χ3v) is 11.2. The van der Waals surface area contributed by atoms with E-state index in [1.54, 1.807) is 12.1 Å². The zero-order valence-electron chi connectivity index (χ0n) is 32.0. The van der Waals surface area contributed by atoms with Crippen molar-refractivity contribution < 1.29 is 29.9 Å². The van der Waals surface area contributed by atoms with E-state index in [9.17, 15) is 25.5 Å². The molecule has 3 heterocycles. The predicted molar refractivity (Wildman–Crippen MR) is 237 cm³/mol. The van der Waals surface area contributed by atoms with Crippen LogP contribution in [0.2, 0.25) is 0 Å². The average Bonchev–Trinajstić information content (AvgIpc) is 3.86. The summed E-state index contributed by atoms with van der Waals surface area (Å²) in [4.78, 5) is 14.8. The molecule has 0 unspecified atom stereocenters. The Bertz CT molecular complexity index is 3440. The summed E-state index contributed by atoms with van der Waals surface area (Å²) in [7, 11) is 0. The topological polar surface area (TPSA) is 158 Å². The van der Waals surface area contributed by atoms with Crippen molar-refractivity contribution in [3.63, 3.8) is 0 Å². The maximum atomic E-state index is 10.8. The molecule has 5 N–H and O–H groups in total. The molecule has 292 valence electrons. The normalized spacial score (nSPS) is 11.6. The first-order valence-corrected chi connectivity index (χ1v) is 19.5. The molecular weight excluding hydrogens is 765 g/mol. The summed E-state index contributed by atoms with van der Waals surface area (Å²) in [6.45, 7) is 0. The molecule has 0 fully saturated rings. The van der Waals surface area contributed by atoms with Crippen molar-refractivity contribution in [3.05, 3.63) is 164 Å². The van der Waals surface area contributed by atoms with Crippen LogP contribution in [0.25, 0.3) is 106 Å². The van der Waals surface area contributed by atoms with Crippen molar-refractivity contribution >= 4 is 43.7 Å². The first-order valence-electron chi connectivity index (χ1n) is 19.5. The number of phenols is 5. The molecular formula is C51H32N4O6. The lowest BCUT2D eigenvalue weighted by Gasteiger charge is -2.13. The SMILES string of the molecule is Oc1c(O)c(O)c(-c2ccc3c(c2)c2ccccc2n3-c2ccc(-c3ccccc3)c3c2oc2cc(-c4nc(-c5ccccc5)nc(-c5ccccc5)n4)ccc23)c(O)c1O. The molecule has 61 heavy (non-hydrogen) atoms. The third kappa shape index (κ3) is 5.61. The zero-order valence-corrected chi connectivity index (χ0v) is 32.0. The second-order valence-corrected chi connectivity index (χ2v) is 14.8. The Morgan fingerprint density at radius 1 is 0.393 bits per heavy atom. The second kappa shape index (κ2) is 13.7. The van der Waals surface area contributed by atoms with Gasteiger partial charge in [0, 0.05) is 38.2 Å². The molecule has 10 nitrogen and oxygen atoms in total. The summed E-state index contributed by atoms with van der Waals surface area (Å²) < 4.78 is 9.10. The van der Waals surface area contributed by atoms with Gasteiger partial charge in [0.15, 0.2) is 34.6 Å². The van der Waals surface area contributed by atoms with E-state index in [2.05, 4.69) is 28.8 Å². The van der Waals surface area contributed by atoms with Gasteiger partial charge in [-0.2, -0.15) is 0 Å². The molecule has 0 amide bonds. The number of fused-ring (bicyclic) bond motifs is 6. The number of aromatic hydroxyl groups is 5. The predicted octanol–water partition coefficient (Wildman–Crippen LogP) is 11.7. The summed E-state index contributed by atoms with van der Waals surface area (Å²) in [6, 6.07) is 53.2. The van der Waals surface area contributed by atoms with E-state index >= 15 is 0 Å². The molecule has 0 spiro atoms. The summed E-state index contributed by atoms with van der Waals surface area (Å²) in [5, 5.41) is 55.9. The molecule has 0 aliphatic heterocycles. The molecule has 8 aromatic carbocycles. The highest BCUT2D eigenvalue weighted by Gasteiger charge is 2.26. The molecule has 0 bridgehead atoms. The molecule has 3 aromatic heterocycles. The van der Waals surface area contributed by atoms with Crippen molar-refractivity contribution in [2.75, 3.05) is 0 Å². The fraction of sp³-hybridized carbons (Fsp3) is 0. The molecule has 11 aromatic rings. The van der Waals surface area contributed by atoms with Gasteiger partial charge in [0.2, 0.25) is 17.2 Å². The summed E-state index contributed by atoms with van der Waals surface area (Å²) in [5.41, 5.74) is 8.31. The first-order chi connectivity index (χ1) is 29.8. The van der Waals surface area contributed by atoms with E-state index in [0.29, 0.717) is 34.2 Å². The minimum absolute atomic E-state index is 0.223. The monoisotopic (exact) mass is 796 g/mol. The van der Waals surface area contributed by atoms with E-state index in [0.717, 1.165) is 66.1 Å². The van der Waals surface area contributed by atoms with Gasteiger partial charge in [-0.05, 0) is 53.1 Å². The standard InChI is InChI=1S/C51H32N4O6/c56-43-41(44(57)46(59)47(60)45(43)58)31-21-24-38-36(26-31)34-18-10-11-19-37(34)55(38)39-25-23-33(28-12-4-1-5-13-28)42-35-22-20-32(27-40(35)61-48(39)42)51-53-49(29-14-6-2-7-15-29)52-50(54-51)30-16-8-3-9-17-30/h1-27,56-60H. The fourth-order valence-corrected chi connectivity index (χ4v) is 8.32. The first kappa shape index (κ1) is 35.5. The van der Waals surface area contributed by atoms with E-state index < -0.39 is 28.7 Å².